The molecular weight excluding hydrogens is 314 g/mol. The third-order valence-electron chi connectivity index (χ3n) is 2.63. The Balaban J connectivity index is 2.48. The molecule has 0 N–H and O–H groups in total. The molecule has 0 saturated heterocycles. The van der Waals surface area contributed by atoms with Gasteiger partial charge in [0.2, 0.25) is 0 Å². The maximum Gasteiger partial charge on any atom is 0.290 e. The summed E-state index contributed by atoms with van der Waals surface area (Å²) in [6.45, 7) is 0. The molecule has 0 spiro atoms. The topological polar surface area (TPSA) is 129 Å². The Morgan fingerprint density at radius 1 is 0.727 bits per heavy atom. The van der Waals surface area contributed by atoms with Crippen molar-refractivity contribution in [1.82, 2.24) is 0 Å². The zero-order chi connectivity index (χ0) is 16.3. The molecule has 112 valence electrons. The van der Waals surface area contributed by atoms with Crippen molar-refractivity contribution in [2.24, 2.45) is 0 Å². The van der Waals surface area contributed by atoms with Crippen molar-refractivity contribution in [3.8, 4) is 0 Å². The molecule has 0 fully saturated rings. The molecule has 2 aromatic rings. The van der Waals surface area contributed by atoms with E-state index in [9.17, 15) is 30.3 Å². The van der Waals surface area contributed by atoms with E-state index in [4.69, 9.17) is 0 Å². The first-order valence-corrected chi connectivity index (χ1v) is 6.56. The van der Waals surface area contributed by atoms with Crippen LogP contribution in [0.1, 0.15) is 0 Å². The predicted octanol–water partition coefficient (Wildman–Crippen LogP) is 3.56. The van der Waals surface area contributed by atoms with Crippen LogP contribution < -0.4 is 0 Å². The van der Waals surface area contributed by atoms with Crippen LogP contribution in [0.4, 0.5) is 17.1 Å². The number of nitrogens with zero attached hydrogens (tertiary/aromatic N) is 3. The highest BCUT2D eigenvalue weighted by molar-refractivity contribution is 7.99. The standard InChI is InChI=1S/C12H7N3O6S/c16-13(17)8-5-6-12(10(7-8)15(20)21)22-11-4-2-1-3-9(11)14(18)19/h1-7H. The number of benzene rings is 2. The highest BCUT2D eigenvalue weighted by Gasteiger charge is 2.22. The normalized spacial score (nSPS) is 10.2. The molecule has 0 bridgehead atoms. The number of hydrogen-bond acceptors (Lipinski definition) is 7. The van der Waals surface area contributed by atoms with Crippen LogP contribution in [0.3, 0.4) is 0 Å². The van der Waals surface area contributed by atoms with E-state index in [2.05, 4.69) is 0 Å². The van der Waals surface area contributed by atoms with E-state index in [-0.39, 0.29) is 15.5 Å². The molecule has 0 aliphatic rings. The lowest BCUT2D eigenvalue weighted by molar-refractivity contribution is -0.396. The quantitative estimate of drug-likeness (QED) is 0.607. The van der Waals surface area contributed by atoms with Crippen LogP contribution in [0, 0.1) is 30.3 Å². The van der Waals surface area contributed by atoms with Gasteiger partial charge >= 0.3 is 0 Å². The summed E-state index contributed by atoms with van der Waals surface area (Å²) < 4.78 is 0. The first kappa shape index (κ1) is 15.4. The third-order valence-corrected chi connectivity index (χ3v) is 3.76. The summed E-state index contributed by atoms with van der Waals surface area (Å²) in [5, 5.41) is 32.7. The average Bonchev–Trinajstić information content (AvgIpc) is 2.47. The molecule has 0 saturated carbocycles. The molecule has 0 amide bonds. The minimum absolute atomic E-state index is 0.0879. The largest absolute Gasteiger partial charge is 0.290 e. The molecule has 0 radical (unpaired) electrons. The number of para-hydroxylation sites is 1. The van der Waals surface area contributed by atoms with E-state index in [0.29, 0.717) is 0 Å². The number of hydrogen-bond donors (Lipinski definition) is 0. The first-order chi connectivity index (χ1) is 10.4. The number of nitro groups is 3. The van der Waals surface area contributed by atoms with Gasteiger partial charge < -0.3 is 0 Å². The molecule has 9 nitrogen and oxygen atoms in total. The molecule has 0 aliphatic carbocycles. The van der Waals surface area contributed by atoms with Gasteiger partial charge in [-0.2, -0.15) is 0 Å². The summed E-state index contributed by atoms with van der Waals surface area (Å²) in [4.78, 5) is 30.9. The van der Waals surface area contributed by atoms with Gasteiger partial charge in [-0.1, -0.05) is 23.9 Å². The van der Waals surface area contributed by atoms with E-state index in [1.807, 2.05) is 0 Å². The van der Waals surface area contributed by atoms with Crippen LogP contribution in [0.2, 0.25) is 0 Å². The molecule has 0 atom stereocenters. The van der Waals surface area contributed by atoms with Gasteiger partial charge in [-0.25, -0.2) is 0 Å². The Bertz CT molecular complexity index is 779. The summed E-state index contributed by atoms with van der Waals surface area (Å²) >= 11 is 0.812. The van der Waals surface area contributed by atoms with Crippen LogP contribution in [0.15, 0.2) is 52.3 Å². The first-order valence-electron chi connectivity index (χ1n) is 5.74. The van der Waals surface area contributed by atoms with E-state index in [1.165, 1.54) is 24.3 Å². The Hall–Kier alpha value is -3.01. The van der Waals surface area contributed by atoms with Gasteiger partial charge in [0.05, 0.1) is 30.6 Å². The fraction of sp³-hybridized carbons (Fsp3) is 0. The van der Waals surface area contributed by atoms with E-state index >= 15 is 0 Å². The van der Waals surface area contributed by atoms with Gasteiger partial charge in [-0.3, -0.25) is 30.3 Å². The van der Waals surface area contributed by atoms with Crippen LogP contribution in [-0.2, 0) is 0 Å². The second-order valence-electron chi connectivity index (χ2n) is 3.99. The molecule has 0 aliphatic heterocycles. The smallest absolute Gasteiger partial charge is 0.258 e. The fourth-order valence-electron chi connectivity index (χ4n) is 1.66. The predicted molar refractivity (Wildman–Crippen MR) is 77.0 cm³/mol. The number of nitro benzene ring substituents is 3. The van der Waals surface area contributed by atoms with Gasteiger partial charge in [0.15, 0.2) is 0 Å². The van der Waals surface area contributed by atoms with Gasteiger partial charge in [0, 0.05) is 12.1 Å². The lowest BCUT2D eigenvalue weighted by atomic mass is 10.3. The molecule has 0 aromatic heterocycles. The van der Waals surface area contributed by atoms with Crippen molar-refractivity contribution >= 4 is 28.8 Å². The van der Waals surface area contributed by atoms with Crippen LogP contribution in [0.25, 0.3) is 0 Å². The van der Waals surface area contributed by atoms with Gasteiger partial charge in [0.1, 0.15) is 0 Å². The maximum absolute atomic E-state index is 11.0. The van der Waals surface area contributed by atoms with Crippen molar-refractivity contribution in [3.05, 3.63) is 72.8 Å². The highest BCUT2D eigenvalue weighted by atomic mass is 32.2. The minimum Gasteiger partial charge on any atom is -0.258 e. The molecule has 2 aromatic carbocycles. The number of non-ortho nitro benzene ring substituents is 1. The maximum atomic E-state index is 11.0. The molecular formula is C12H7N3O6S. The summed E-state index contributed by atoms with van der Waals surface area (Å²) in [5.41, 5.74) is -1.09. The lowest BCUT2D eigenvalue weighted by Gasteiger charge is -2.04. The SMILES string of the molecule is O=[N+]([O-])c1ccc(Sc2ccccc2[N+](=O)[O-])c([N+](=O)[O-])c1. The van der Waals surface area contributed by atoms with Crippen LogP contribution in [0.5, 0.6) is 0 Å². The Morgan fingerprint density at radius 3 is 1.91 bits per heavy atom. The zero-order valence-corrected chi connectivity index (χ0v) is 11.6. The highest BCUT2D eigenvalue weighted by Crippen LogP contribution is 2.40. The minimum atomic E-state index is -0.760. The summed E-state index contributed by atoms with van der Waals surface area (Å²) in [7, 11) is 0. The van der Waals surface area contributed by atoms with Crippen LogP contribution >= 0.6 is 11.8 Å². The third kappa shape index (κ3) is 3.17. The van der Waals surface area contributed by atoms with Crippen molar-refractivity contribution in [1.29, 1.82) is 0 Å². The van der Waals surface area contributed by atoms with E-state index in [0.717, 1.165) is 23.9 Å². The second kappa shape index (κ2) is 6.18. The summed E-state index contributed by atoms with van der Waals surface area (Å²) in [5.74, 6) is 0. The Labute approximate surface area is 127 Å². The Kier molecular flexibility index (Phi) is 4.32. The van der Waals surface area contributed by atoms with Gasteiger partial charge in [0.25, 0.3) is 17.1 Å². The van der Waals surface area contributed by atoms with E-state index < -0.39 is 26.1 Å². The summed E-state index contributed by atoms with van der Waals surface area (Å²) in [6.07, 6.45) is 0. The molecule has 22 heavy (non-hydrogen) atoms. The second-order valence-corrected chi connectivity index (χ2v) is 5.08. The summed E-state index contributed by atoms with van der Waals surface area (Å²) in [6, 6.07) is 8.92. The average molecular weight is 321 g/mol. The number of rotatable bonds is 5. The lowest BCUT2D eigenvalue weighted by Crippen LogP contribution is -1.95. The molecule has 2 rings (SSSR count). The van der Waals surface area contributed by atoms with E-state index in [1.54, 1.807) is 6.07 Å². The monoisotopic (exact) mass is 321 g/mol. The molecule has 0 heterocycles. The molecule has 0 unspecified atom stereocenters. The van der Waals surface area contributed by atoms with Gasteiger partial charge in [-0.05, 0) is 12.1 Å². The van der Waals surface area contributed by atoms with Gasteiger partial charge in [-0.15, -0.1) is 0 Å². The Morgan fingerprint density at radius 2 is 1.32 bits per heavy atom. The van der Waals surface area contributed by atoms with Crippen LogP contribution in [-0.4, -0.2) is 14.8 Å². The van der Waals surface area contributed by atoms with Crippen molar-refractivity contribution in [2.75, 3.05) is 0 Å². The molecule has 10 heteroatoms. The van der Waals surface area contributed by atoms with Crippen molar-refractivity contribution in [3.63, 3.8) is 0 Å². The van der Waals surface area contributed by atoms with Crippen molar-refractivity contribution in [2.45, 2.75) is 9.79 Å². The van der Waals surface area contributed by atoms with Crippen molar-refractivity contribution < 1.29 is 14.8 Å². The fourth-order valence-corrected chi connectivity index (χ4v) is 2.67. The zero-order valence-electron chi connectivity index (χ0n) is 10.7.